The number of thioether (sulfide) groups is 1. The Morgan fingerprint density at radius 3 is 3.08 bits per heavy atom. The summed E-state index contributed by atoms with van der Waals surface area (Å²) in [6.07, 6.45) is 5.55. The normalized spacial score (nSPS) is 21.4. The van der Waals surface area contributed by atoms with E-state index in [1.807, 2.05) is 43.0 Å². The van der Waals surface area contributed by atoms with Crippen LogP contribution in [-0.2, 0) is 0 Å². The zero-order chi connectivity index (χ0) is 17.0. The molecule has 3 rings (SSSR count). The summed E-state index contributed by atoms with van der Waals surface area (Å²) in [5.74, 6) is 1.19. The second kappa shape index (κ2) is 7.25. The van der Waals surface area contributed by atoms with Crippen molar-refractivity contribution in [3.05, 3.63) is 42.5 Å². The predicted molar refractivity (Wildman–Crippen MR) is 96.4 cm³/mol. The Morgan fingerprint density at radius 1 is 1.50 bits per heavy atom. The van der Waals surface area contributed by atoms with Crippen LogP contribution in [0.3, 0.4) is 0 Å². The molecule has 6 nitrogen and oxygen atoms in total. The maximum atomic E-state index is 12.2. The molecule has 0 spiro atoms. The van der Waals surface area contributed by atoms with Gasteiger partial charge < -0.3 is 10.6 Å². The highest BCUT2D eigenvalue weighted by atomic mass is 32.2. The van der Waals surface area contributed by atoms with Crippen molar-refractivity contribution in [1.82, 2.24) is 25.4 Å². The number of rotatable bonds is 5. The third kappa shape index (κ3) is 4.08. The Kier molecular flexibility index (Phi) is 5.08. The van der Waals surface area contributed by atoms with Gasteiger partial charge in [0.1, 0.15) is 12.7 Å². The fourth-order valence-corrected chi connectivity index (χ4v) is 4.10. The van der Waals surface area contributed by atoms with Gasteiger partial charge in [0.25, 0.3) is 0 Å². The van der Waals surface area contributed by atoms with Crippen LogP contribution >= 0.6 is 11.8 Å². The Labute approximate surface area is 146 Å². The first-order chi connectivity index (χ1) is 11.6. The van der Waals surface area contributed by atoms with Crippen molar-refractivity contribution in [3.63, 3.8) is 0 Å². The van der Waals surface area contributed by atoms with Crippen molar-refractivity contribution in [1.29, 1.82) is 0 Å². The van der Waals surface area contributed by atoms with Gasteiger partial charge >= 0.3 is 6.03 Å². The van der Waals surface area contributed by atoms with Gasteiger partial charge in [-0.3, -0.25) is 0 Å². The summed E-state index contributed by atoms with van der Waals surface area (Å²) < 4.78 is 1.88. The van der Waals surface area contributed by atoms with Crippen LogP contribution in [0.5, 0.6) is 0 Å². The number of hydrogen-bond acceptors (Lipinski definition) is 4. The van der Waals surface area contributed by atoms with Crippen LogP contribution in [0.2, 0.25) is 0 Å². The predicted octanol–water partition coefficient (Wildman–Crippen LogP) is 2.91. The van der Waals surface area contributed by atoms with Crippen LogP contribution in [0, 0.1) is 0 Å². The van der Waals surface area contributed by atoms with Gasteiger partial charge in [0.05, 0.1) is 11.7 Å². The summed E-state index contributed by atoms with van der Waals surface area (Å²) in [6.45, 7) is 4.90. The van der Waals surface area contributed by atoms with Crippen LogP contribution in [0.4, 0.5) is 4.79 Å². The molecule has 0 radical (unpaired) electrons. The number of nitrogens with one attached hydrogen (secondary N) is 2. The van der Waals surface area contributed by atoms with E-state index in [9.17, 15) is 4.79 Å². The molecule has 0 unspecified atom stereocenters. The molecule has 1 aromatic carbocycles. The SMILES string of the molecule is C[C@@H](NC(=O)NC[C@]1(C)CCCS1)c1cccc(-n2cncn2)c1. The molecule has 2 N–H and O–H groups in total. The summed E-state index contributed by atoms with van der Waals surface area (Å²) in [4.78, 5) is 16.1. The third-order valence-corrected chi connectivity index (χ3v) is 5.86. The van der Waals surface area contributed by atoms with E-state index in [2.05, 4.69) is 27.6 Å². The molecular formula is C17H23N5OS. The highest BCUT2D eigenvalue weighted by molar-refractivity contribution is 8.00. The van der Waals surface area contributed by atoms with Crippen molar-refractivity contribution in [2.75, 3.05) is 12.3 Å². The topological polar surface area (TPSA) is 71.8 Å². The summed E-state index contributed by atoms with van der Waals surface area (Å²) in [5.41, 5.74) is 1.95. The van der Waals surface area contributed by atoms with Crippen molar-refractivity contribution in [2.24, 2.45) is 0 Å². The van der Waals surface area contributed by atoms with E-state index >= 15 is 0 Å². The highest BCUT2D eigenvalue weighted by Crippen LogP contribution is 2.36. The highest BCUT2D eigenvalue weighted by Gasteiger charge is 2.29. The van der Waals surface area contributed by atoms with Crippen LogP contribution in [0.15, 0.2) is 36.9 Å². The summed E-state index contributed by atoms with van der Waals surface area (Å²) in [7, 11) is 0. The van der Waals surface area contributed by atoms with E-state index < -0.39 is 0 Å². The van der Waals surface area contributed by atoms with Crippen molar-refractivity contribution < 1.29 is 4.79 Å². The zero-order valence-electron chi connectivity index (χ0n) is 14.0. The van der Waals surface area contributed by atoms with Gasteiger partial charge in [-0.05, 0) is 50.1 Å². The lowest BCUT2D eigenvalue weighted by molar-refractivity contribution is 0.237. The number of nitrogens with zero attached hydrogens (tertiary/aromatic N) is 3. The standard InChI is InChI=1S/C17H23N5OS/c1-13(21-16(23)19-10-17(2)7-4-8-24-17)14-5-3-6-15(9-14)22-12-18-11-20-22/h3,5-6,9,11-13H,4,7-8,10H2,1-2H3,(H2,19,21,23)/t13-,17+/m1/s1. The maximum Gasteiger partial charge on any atom is 0.315 e. The summed E-state index contributed by atoms with van der Waals surface area (Å²) in [5, 5.41) is 10.1. The molecule has 24 heavy (non-hydrogen) atoms. The van der Waals surface area contributed by atoms with E-state index in [0.29, 0.717) is 6.54 Å². The van der Waals surface area contributed by atoms with Gasteiger partial charge in [0.2, 0.25) is 0 Å². The molecule has 128 valence electrons. The lowest BCUT2D eigenvalue weighted by atomic mass is 10.1. The Balaban J connectivity index is 1.57. The first kappa shape index (κ1) is 16.8. The fraction of sp³-hybridized carbons (Fsp3) is 0.471. The first-order valence-corrected chi connectivity index (χ1v) is 9.18. The van der Waals surface area contributed by atoms with Gasteiger partial charge in [0, 0.05) is 11.3 Å². The number of hydrogen-bond donors (Lipinski definition) is 2. The van der Waals surface area contributed by atoms with Crippen LogP contribution in [-0.4, -0.2) is 37.8 Å². The lowest BCUT2D eigenvalue weighted by Gasteiger charge is -2.24. The van der Waals surface area contributed by atoms with Crippen molar-refractivity contribution >= 4 is 17.8 Å². The minimum absolute atomic E-state index is 0.0856. The third-order valence-electron chi connectivity index (χ3n) is 4.32. The number of aromatic nitrogens is 3. The molecule has 2 aromatic rings. The molecule has 2 atom stereocenters. The molecule has 1 aromatic heterocycles. The minimum atomic E-state index is -0.123. The molecule has 2 heterocycles. The maximum absolute atomic E-state index is 12.2. The molecular weight excluding hydrogens is 322 g/mol. The quantitative estimate of drug-likeness (QED) is 0.874. The van der Waals surface area contributed by atoms with E-state index in [4.69, 9.17) is 0 Å². The fourth-order valence-electron chi connectivity index (χ4n) is 2.85. The molecule has 1 aliphatic heterocycles. The minimum Gasteiger partial charge on any atom is -0.337 e. The van der Waals surface area contributed by atoms with Crippen molar-refractivity contribution in [2.45, 2.75) is 37.5 Å². The molecule has 2 amide bonds. The number of carbonyl (C=O) groups is 1. The van der Waals surface area contributed by atoms with Gasteiger partial charge in [-0.2, -0.15) is 16.9 Å². The Morgan fingerprint density at radius 2 is 2.38 bits per heavy atom. The number of benzene rings is 1. The smallest absolute Gasteiger partial charge is 0.315 e. The van der Waals surface area contributed by atoms with Crippen LogP contribution in [0.25, 0.3) is 5.69 Å². The largest absolute Gasteiger partial charge is 0.337 e. The second-order valence-corrected chi connectivity index (χ2v) is 8.07. The van der Waals surface area contributed by atoms with E-state index in [-0.39, 0.29) is 16.8 Å². The molecule has 7 heteroatoms. The van der Waals surface area contributed by atoms with E-state index in [1.165, 1.54) is 18.5 Å². The molecule has 1 aliphatic rings. The van der Waals surface area contributed by atoms with Gasteiger partial charge in [-0.1, -0.05) is 12.1 Å². The molecule has 1 saturated heterocycles. The zero-order valence-corrected chi connectivity index (χ0v) is 14.8. The monoisotopic (exact) mass is 345 g/mol. The Hall–Kier alpha value is -2.02. The summed E-state index contributed by atoms with van der Waals surface area (Å²) in [6, 6.07) is 7.72. The molecule has 1 fully saturated rings. The first-order valence-electron chi connectivity index (χ1n) is 8.19. The lowest BCUT2D eigenvalue weighted by Crippen LogP contribution is -2.43. The van der Waals surface area contributed by atoms with Crippen LogP contribution in [0.1, 0.15) is 38.3 Å². The average molecular weight is 345 g/mol. The Bertz CT molecular complexity index is 682. The van der Waals surface area contributed by atoms with E-state index in [1.54, 1.807) is 11.0 Å². The molecule has 0 aliphatic carbocycles. The van der Waals surface area contributed by atoms with Gasteiger partial charge in [0.15, 0.2) is 0 Å². The van der Waals surface area contributed by atoms with E-state index in [0.717, 1.165) is 17.7 Å². The summed E-state index contributed by atoms with van der Waals surface area (Å²) >= 11 is 1.94. The van der Waals surface area contributed by atoms with Gasteiger partial charge in [-0.25, -0.2) is 14.5 Å². The molecule has 0 saturated carbocycles. The number of amides is 2. The average Bonchev–Trinajstić information content (AvgIpc) is 3.25. The van der Waals surface area contributed by atoms with Gasteiger partial charge in [-0.15, -0.1) is 0 Å². The number of urea groups is 1. The van der Waals surface area contributed by atoms with Crippen LogP contribution < -0.4 is 10.6 Å². The molecule has 0 bridgehead atoms. The number of carbonyl (C=O) groups excluding carboxylic acids is 1. The second-order valence-electron chi connectivity index (χ2n) is 6.39. The van der Waals surface area contributed by atoms with Crippen molar-refractivity contribution in [3.8, 4) is 5.69 Å².